The van der Waals surface area contributed by atoms with Gasteiger partial charge in [-0.05, 0) is 37.6 Å². The highest BCUT2D eigenvalue weighted by atomic mass is 35.5. The highest BCUT2D eigenvalue weighted by molar-refractivity contribution is 6.35. The van der Waals surface area contributed by atoms with Gasteiger partial charge >= 0.3 is 0 Å². The molecule has 2 N–H and O–H groups in total. The summed E-state index contributed by atoms with van der Waals surface area (Å²) in [6.45, 7) is 5.64. The van der Waals surface area contributed by atoms with E-state index in [1.807, 2.05) is 48.6 Å². The maximum Gasteiger partial charge on any atom is 0.283 e. The molecule has 150 valence electrons. The number of hydrogen-bond acceptors (Lipinski definition) is 5. The topological polar surface area (TPSA) is 66.1 Å². The van der Waals surface area contributed by atoms with Crippen molar-refractivity contribution in [2.45, 2.75) is 25.0 Å². The van der Waals surface area contributed by atoms with E-state index in [2.05, 4.69) is 19.9 Å². The van der Waals surface area contributed by atoms with Gasteiger partial charge in [-0.25, -0.2) is 4.99 Å². The summed E-state index contributed by atoms with van der Waals surface area (Å²) in [6, 6.07) is 6.34. The van der Waals surface area contributed by atoms with Crippen LogP contribution in [0.5, 0.6) is 5.75 Å². The molecule has 1 aliphatic carbocycles. The molecule has 1 aromatic carbocycles. The number of amidine groups is 1. The number of rotatable bonds is 1. The van der Waals surface area contributed by atoms with Crippen LogP contribution in [0.1, 0.15) is 25.0 Å². The van der Waals surface area contributed by atoms with Crippen LogP contribution in [0.15, 0.2) is 64.7 Å². The van der Waals surface area contributed by atoms with E-state index in [0.717, 1.165) is 22.4 Å². The fourth-order valence-electron chi connectivity index (χ4n) is 4.77. The Kier molecular flexibility index (Phi) is 3.99. The zero-order valence-electron chi connectivity index (χ0n) is 16.4. The first kappa shape index (κ1) is 18.5. The van der Waals surface area contributed by atoms with Crippen molar-refractivity contribution >= 4 is 23.2 Å². The van der Waals surface area contributed by atoms with E-state index in [4.69, 9.17) is 36.5 Å². The first-order chi connectivity index (χ1) is 13.9. The molecule has 1 fully saturated rings. The molecule has 4 aliphatic rings. The predicted molar refractivity (Wildman–Crippen MR) is 114 cm³/mol. The minimum atomic E-state index is -0.656. The lowest BCUT2D eigenvalue weighted by Crippen LogP contribution is -2.71. The molecule has 29 heavy (non-hydrogen) atoms. The fourth-order valence-corrected chi connectivity index (χ4v) is 5.01. The zero-order chi connectivity index (χ0) is 20.3. The third-order valence-electron chi connectivity index (χ3n) is 6.57. The average Bonchev–Trinajstić information content (AvgIpc) is 2.99. The van der Waals surface area contributed by atoms with Crippen LogP contribution < -0.4 is 10.5 Å². The maximum atomic E-state index is 6.58. The van der Waals surface area contributed by atoms with E-state index < -0.39 is 11.1 Å². The Balaban J connectivity index is 1.72. The minimum Gasteiger partial charge on any atom is -0.487 e. The van der Waals surface area contributed by atoms with Gasteiger partial charge in [0.2, 0.25) is 0 Å². The Morgan fingerprint density at radius 2 is 1.79 bits per heavy atom. The van der Waals surface area contributed by atoms with Crippen molar-refractivity contribution in [3.05, 3.63) is 70.8 Å². The molecule has 3 aliphatic heterocycles. The molecular formula is C23H23ClN2O3. The molecule has 0 bridgehead atoms. The number of nitrogens with two attached hydrogens (primary N) is 1. The van der Waals surface area contributed by atoms with Crippen molar-refractivity contribution in [1.82, 2.24) is 0 Å². The van der Waals surface area contributed by atoms with E-state index in [1.165, 1.54) is 0 Å². The highest BCUT2D eigenvalue weighted by Crippen LogP contribution is 2.62. The van der Waals surface area contributed by atoms with Crippen LogP contribution >= 0.6 is 11.6 Å². The minimum absolute atomic E-state index is 0.210. The van der Waals surface area contributed by atoms with Gasteiger partial charge in [0.1, 0.15) is 23.5 Å². The van der Waals surface area contributed by atoms with E-state index in [-0.39, 0.29) is 11.4 Å². The zero-order valence-corrected chi connectivity index (χ0v) is 17.2. The Hall–Kier alpha value is -2.50. The Morgan fingerprint density at radius 1 is 1.03 bits per heavy atom. The van der Waals surface area contributed by atoms with Crippen molar-refractivity contribution < 1.29 is 14.2 Å². The monoisotopic (exact) mass is 410 g/mol. The highest BCUT2D eigenvalue weighted by Gasteiger charge is 2.71. The second-order valence-electron chi connectivity index (χ2n) is 8.36. The molecule has 0 saturated carbocycles. The molecule has 0 aromatic heterocycles. The standard InChI is InChI=1S/C23H23ClN2O3/c1-21(2)22(12-27-13-22)23(14-28-20(25)26-23)17-11-15(9-10-19(17)29-21)16-7-5-3-4-6-8-18(16)24/h3-11H,12-14H2,1-2H3,(H2,25,26)/b4-3+,5-3?,6-4?,7-5-,8-6+,16-7?,18-8?,18-16-. The molecular weight excluding hydrogens is 388 g/mol. The summed E-state index contributed by atoms with van der Waals surface area (Å²) < 4.78 is 17.9. The first-order valence-corrected chi connectivity index (χ1v) is 10.1. The van der Waals surface area contributed by atoms with Crippen LogP contribution in [-0.4, -0.2) is 31.4 Å². The molecule has 1 atom stereocenters. The number of benzene rings is 1. The summed E-state index contributed by atoms with van der Waals surface area (Å²) in [5.74, 6) is 0.792. The number of nitrogens with zero attached hydrogens (tertiary/aromatic N) is 1. The van der Waals surface area contributed by atoms with Crippen molar-refractivity contribution in [2.24, 2.45) is 16.1 Å². The number of allylic oxidation sites excluding steroid dienone is 8. The van der Waals surface area contributed by atoms with Crippen LogP contribution in [0.25, 0.3) is 5.57 Å². The average molecular weight is 411 g/mol. The number of halogens is 1. The Labute approximate surface area is 175 Å². The van der Waals surface area contributed by atoms with E-state index in [1.54, 1.807) is 0 Å². The van der Waals surface area contributed by atoms with Crippen molar-refractivity contribution in [1.29, 1.82) is 0 Å². The van der Waals surface area contributed by atoms with Gasteiger partial charge in [0.25, 0.3) is 6.02 Å². The third kappa shape index (κ3) is 2.47. The number of hydrogen-bond donors (Lipinski definition) is 1. The summed E-state index contributed by atoms with van der Waals surface area (Å²) in [4.78, 5) is 4.85. The lowest BCUT2D eigenvalue weighted by atomic mass is 9.55. The van der Waals surface area contributed by atoms with Crippen LogP contribution in [0, 0.1) is 5.41 Å². The lowest BCUT2D eigenvalue weighted by molar-refractivity contribution is -0.247. The molecule has 5 rings (SSSR count). The van der Waals surface area contributed by atoms with Gasteiger partial charge in [0.15, 0.2) is 0 Å². The van der Waals surface area contributed by atoms with Gasteiger partial charge in [0.05, 0.1) is 18.6 Å². The van der Waals surface area contributed by atoms with Gasteiger partial charge in [0, 0.05) is 16.2 Å². The van der Waals surface area contributed by atoms with Gasteiger partial charge < -0.3 is 19.9 Å². The lowest BCUT2D eigenvalue weighted by Gasteiger charge is -2.61. The number of ether oxygens (including phenoxy) is 3. The molecule has 1 unspecified atom stereocenters. The summed E-state index contributed by atoms with van der Waals surface area (Å²) in [6.07, 6.45) is 11.7. The molecule has 2 spiro atoms. The molecule has 1 saturated heterocycles. The van der Waals surface area contributed by atoms with Crippen molar-refractivity contribution in [3.63, 3.8) is 0 Å². The molecule has 6 heteroatoms. The summed E-state index contributed by atoms with van der Waals surface area (Å²) in [5.41, 5.74) is 7.40. The second kappa shape index (κ2) is 6.25. The Morgan fingerprint density at radius 3 is 2.45 bits per heavy atom. The van der Waals surface area contributed by atoms with Crippen molar-refractivity contribution in [3.8, 4) is 5.75 Å². The van der Waals surface area contributed by atoms with Gasteiger partial charge in [-0.1, -0.05) is 48.0 Å². The van der Waals surface area contributed by atoms with Crippen LogP contribution in [0.2, 0.25) is 0 Å². The van der Waals surface area contributed by atoms with Crippen molar-refractivity contribution in [2.75, 3.05) is 19.8 Å². The van der Waals surface area contributed by atoms with Crippen LogP contribution in [0.4, 0.5) is 0 Å². The molecule has 3 heterocycles. The third-order valence-corrected chi connectivity index (χ3v) is 6.90. The van der Waals surface area contributed by atoms with Gasteiger partial charge in [-0.15, -0.1) is 0 Å². The first-order valence-electron chi connectivity index (χ1n) is 9.70. The van der Waals surface area contributed by atoms with Gasteiger partial charge in [-0.2, -0.15) is 0 Å². The Bertz CT molecular complexity index is 1030. The smallest absolute Gasteiger partial charge is 0.283 e. The quantitative estimate of drug-likeness (QED) is 0.758. The van der Waals surface area contributed by atoms with Crippen LogP contribution in [-0.2, 0) is 15.0 Å². The summed E-state index contributed by atoms with van der Waals surface area (Å²) in [5, 5.41) is 0.670. The van der Waals surface area contributed by atoms with E-state index in [9.17, 15) is 0 Å². The van der Waals surface area contributed by atoms with E-state index in [0.29, 0.717) is 24.9 Å². The SMILES string of the molecule is CC1(C)Oc2ccc(C3=C(Cl)/C=C/C=C/C=C\3)cc2C2(COC(N)=N2)C12COC2. The predicted octanol–water partition coefficient (Wildman–Crippen LogP) is 4.05. The number of fused-ring (bicyclic) bond motifs is 3. The normalized spacial score (nSPS) is 34.1. The summed E-state index contributed by atoms with van der Waals surface area (Å²) >= 11 is 6.58. The van der Waals surface area contributed by atoms with E-state index >= 15 is 0 Å². The molecule has 5 nitrogen and oxygen atoms in total. The summed E-state index contributed by atoms with van der Waals surface area (Å²) in [7, 11) is 0. The second-order valence-corrected chi connectivity index (χ2v) is 8.77. The molecule has 1 aromatic rings. The molecule has 0 radical (unpaired) electrons. The largest absolute Gasteiger partial charge is 0.487 e. The molecule has 0 amide bonds. The fraction of sp³-hybridized carbons (Fsp3) is 0.348. The maximum absolute atomic E-state index is 6.58. The van der Waals surface area contributed by atoms with Crippen LogP contribution in [0.3, 0.4) is 0 Å². The number of aliphatic imine (C=N–C) groups is 1. The van der Waals surface area contributed by atoms with Gasteiger partial charge in [-0.3, -0.25) is 0 Å².